The molecule has 0 aliphatic carbocycles. The minimum Gasteiger partial charge on any atom is -0.504 e. The molecule has 1 aromatic carbocycles. The minimum absolute atomic E-state index is 0.0180. The molecule has 1 atom stereocenters. The van der Waals surface area contributed by atoms with E-state index < -0.39 is 5.54 Å². The van der Waals surface area contributed by atoms with Gasteiger partial charge in [0, 0.05) is 5.54 Å². The molecule has 1 aromatic rings. The van der Waals surface area contributed by atoms with Crippen LogP contribution >= 0.6 is 0 Å². The van der Waals surface area contributed by atoms with Gasteiger partial charge in [0.15, 0.2) is 11.5 Å². The standard InChI is InChI=1S/C24H43NO3/c1-19(2)10-8-6-5-7-9-15-28-23-12-11-21(16-22(23)27)13-14-24(25,18-26)17-20(3)4/h11-12,16,19-20,26-27H,5-10,13-15,17-18,25H2,1-4H3. The third-order valence-electron chi connectivity index (χ3n) is 5.25. The molecule has 0 amide bonds. The van der Waals surface area contributed by atoms with Crippen molar-refractivity contribution in [3.05, 3.63) is 23.8 Å². The van der Waals surface area contributed by atoms with Crippen molar-refractivity contribution in [3.63, 3.8) is 0 Å². The first-order valence-corrected chi connectivity index (χ1v) is 11.1. The summed E-state index contributed by atoms with van der Waals surface area (Å²) in [6, 6.07) is 5.58. The monoisotopic (exact) mass is 393 g/mol. The van der Waals surface area contributed by atoms with E-state index in [-0.39, 0.29) is 12.4 Å². The largest absolute Gasteiger partial charge is 0.504 e. The maximum Gasteiger partial charge on any atom is 0.160 e. The fraction of sp³-hybridized carbons (Fsp3) is 0.750. The molecule has 0 fully saturated rings. The van der Waals surface area contributed by atoms with E-state index in [1.165, 1.54) is 32.1 Å². The van der Waals surface area contributed by atoms with E-state index in [1.54, 1.807) is 6.07 Å². The first-order valence-electron chi connectivity index (χ1n) is 11.1. The highest BCUT2D eigenvalue weighted by Crippen LogP contribution is 2.29. The zero-order valence-corrected chi connectivity index (χ0v) is 18.5. The van der Waals surface area contributed by atoms with E-state index in [0.717, 1.165) is 30.7 Å². The van der Waals surface area contributed by atoms with Crippen LogP contribution in [-0.4, -0.2) is 29.0 Å². The summed E-state index contributed by atoms with van der Waals surface area (Å²) in [5.74, 6) is 1.97. The van der Waals surface area contributed by atoms with Gasteiger partial charge in [-0.3, -0.25) is 0 Å². The molecule has 162 valence electrons. The quantitative estimate of drug-likeness (QED) is 0.347. The minimum atomic E-state index is -0.561. The van der Waals surface area contributed by atoms with Gasteiger partial charge in [0.05, 0.1) is 13.2 Å². The number of hydrogen-bond acceptors (Lipinski definition) is 4. The number of rotatable bonds is 15. The average Bonchev–Trinajstić information content (AvgIpc) is 2.62. The molecule has 0 radical (unpaired) electrons. The zero-order valence-electron chi connectivity index (χ0n) is 18.5. The predicted molar refractivity (Wildman–Crippen MR) is 118 cm³/mol. The topological polar surface area (TPSA) is 75.7 Å². The molecule has 4 heteroatoms. The van der Waals surface area contributed by atoms with E-state index in [1.807, 2.05) is 12.1 Å². The molecular formula is C24H43NO3. The van der Waals surface area contributed by atoms with Crippen LogP contribution in [0.1, 0.15) is 84.6 Å². The maximum atomic E-state index is 10.2. The number of aryl methyl sites for hydroxylation is 1. The third kappa shape index (κ3) is 10.3. The van der Waals surface area contributed by atoms with Crippen molar-refractivity contribution >= 4 is 0 Å². The van der Waals surface area contributed by atoms with E-state index >= 15 is 0 Å². The highest BCUT2D eigenvalue weighted by molar-refractivity contribution is 5.41. The van der Waals surface area contributed by atoms with Gasteiger partial charge in [0.2, 0.25) is 0 Å². The summed E-state index contributed by atoms with van der Waals surface area (Å²) < 4.78 is 5.74. The van der Waals surface area contributed by atoms with Crippen molar-refractivity contribution in [2.75, 3.05) is 13.2 Å². The van der Waals surface area contributed by atoms with Crippen molar-refractivity contribution in [2.24, 2.45) is 17.6 Å². The van der Waals surface area contributed by atoms with Gasteiger partial charge >= 0.3 is 0 Å². The molecular weight excluding hydrogens is 350 g/mol. The van der Waals surface area contributed by atoms with E-state index in [9.17, 15) is 10.2 Å². The second kappa shape index (κ2) is 13.1. The molecule has 4 N–H and O–H groups in total. The van der Waals surface area contributed by atoms with Gasteiger partial charge in [-0.05, 0) is 55.2 Å². The number of phenolic OH excluding ortho intramolecular Hbond substituents is 1. The Kier molecular flexibility index (Phi) is 11.6. The maximum absolute atomic E-state index is 10.2. The van der Waals surface area contributed by atoms with Gasteiger partial charge in [-0.1, -0.05) is 65.9 Å². The molecule has 28 heavy (non-hydrogen) atoms. The van der Waals surface area contributed by atoms with Crippen LogP contribution in [0.25, 0.3) is 0 Å². The normalized spacial score (nSPS) is 13.9. The molecule has 4 nitrogen and oxygen atoms in total. The molecule has 0 aliphatic rings. The lowest BCUT2D eigenvalue weighted by molar-refractivity contribution is 0.165. The first-order chi connectivity index (χ1) is 13.3. The second-order valence-electron chi connectivity index (χ2n) is 9.22. The lowest BCUT2D eigenvalue weighted by Crippen LogP contribution is -2.45. The van der Waals surface area contributed by atoms with Crippen LogP contribution in [0, 0.1) is 11.8 Å². The number of benzene rings is 1. The third-order valence-corrected chi connectivity index (χ3v) is 5.25. The van der Waals surface area contributed by atoms with Gasteiger partial charge in [-0.2, -0.15) is 0 Å². The van der Waals surface area contributed by atoms with Gasteiger partial charge < -0.3 is 20.7 Å². The van der Waals surface area contributed by atoms with Crippen molar-refractivity contribution in [1.29, 1.82) is 0 Å². The lowest BCUT2D eigenvalue weighted by Gasteiger charge is -2.29. The molecule has 0 bridgehead atoms. The number of ether oxygens (including phenoxy) is 1. The van der Waals surface area contributed by atoms with E-state index in [4.69, 9.17) is 10.5 Å². The van der Waals surface area contributed by atoms with Crippen LogP contribution in [0.4, 0.5) is 0 Å². The van der Waals surface area contributed by atoms with E-state index in [2.05, 4.69) is 27.7 Å². The molecule has 1 rings (SSSR count). The van der Waals surface area contributed by atoms with Crippen LogP contribution in [-0.2, 0) is 6.42 Å². The van der Waals surface area contributed by atoms with Gasteiger partial charge in [-0.15, -0.1) is 0 Å². The Bertz CT molecular complexity index is 545. The molecule has 0 heterocycles. The SMILES string of the molecule is CC(C)CCCCCCCOc1ccc(CCC(N)(CO)CC(C)C)cc1O. The van der Waals surface area contributed by atoms with Crippen LogP contribution in [0.2, 0.25) is 0 Å². The Balaban J connectivity index is 2.33. The lowest BCUT2D eigenvalue weighted by atomic mass is 9.85. The Morgan fingerprint density at radius 1 is 1.00 bits per heavy atom. The van der Waals surface area contributed by atoms with Crippen molar-refractivity contribution in [2.45, 2.75) is 91.0 Å². The summed E-state index contributed by atoms with van der Waals surface area (Å²) in [4.78, 5) is 0. The summed E-state index contributed by atoms with van der Waals surface area (Å²) in [6.45, 7) is 9.39. The van der Waals surface area contributed by atoms with Crippen molar-refractivity contribution in [1.82, 2.24) is 0 Å². The summed E-state index contributed by atoms with van der Waals surface area (Å²) >= 11 is 0. The number of hydrogen-bond donors (Lipinski definition) is 3. The number of aromatic hydroxyl groups is 1. The smallest absolute Gasteiger partial charge is 0.160 e. The summed E-state index contributed by atoms with van der Waals surface area (Å²) in [7, 11) is 0. The van der Waals surface area contributed by atoms with Crippen molar-refractivity contribution < 1.29 is 14.9 Å². The summed E-state index contributed by atoms with van der Waals surface area (Å²) in [5.41, 5.74) is 6.77. The fourth-order valence-corrected chi connectivity index (χ4v) is 3.66. The Labute approximate surface area is 172 Å². The van der Waals surface area contributed by atoms with Crippen molar-refractivity contribution in [3.8, 4) is 11.5 Å². The summed E-state index contributed by atoms with van der Waals surface area (Å²) in [5, 5.41) is 19.9. The highest BCUT2D eigenvalue weighted by atomic mass is 16.5. The fourth-order valence-electron chi connectivity index (χ4n) is 3.66. The summed E-state index contributed by atoms with van der Waals surface area (Å²) in [6.07, 6.45) is 9.58. The second-order valence-corrected chi connectivity index (χ2v) is 9.22. The number of unbranched alkanes of at least 4 members (excludes halogenated alkanes) is 4. The number of aliphatic hydroxyl groups excluding tert-OH is 1. The molecule has 0 spiro atoms. The van der Waals surface area contributed by atoms with Gasteiger partial charge in [0.25, 0.3) is 0 Å². The number of aliphatic hydroxyl groups is 1. The van der Waals surface area contributed by atoms with Crippen LogP contribution in [0.15, 0.2) is 18.2 Å². The molecule has 0 aromatic heterocycles. The number of nitrogens with two attached hydrogens (primary N) is 1. The first kappa shape index (κ1) is 24.8. The van der Waals surface area contributed by atoms with Crippen LogP contribution in [0.5, 0.6) is 11.5 Å². The Morgan fingerprint density at radius 2 is 1.68 bits per heavy atom. The molecule has 0 aliphatic heterocycles. The van der Waals surface area contributed by atoms with Gasteiger partial charge in [-0.25, -0.2) is 0 Å². The number of phenols is 1. The Morgan fingerprint density at radius 3 is 2.29 bits per heavy atom. The van der Waals surface area contributed by atoms with E-state index in [0.29, 0.717) is 24.7 Å². The molecule has 0 saturated heterocycles. The van der Waals surface area contributed by atoms with Crippen LogP contribution in [0.3, 0.4) is 0 Å². The van der Waals surface area contributed by atoms with Gasteiger partial charge in [0.1, 0.15) is 0 Å². The molecule has 0 saturated carbocycles. The Hall–Kier alpha value is -1.26. The zero-order chi connectivity index (χ0) is 21.0. The highest BCUT2D eigenvalue weighted by Gasteiger charge is 2.25. The van der Waals surface area contributed by atoms with Crippen LogP contribution < -0.4 is 10.5 Å². The predicted octanol–water partition coefficient (Wildman–Crippen LogP) is 5.44. The average molecular weight is 394 g/mol. The molecule has 1 unspecified atom stereocenters.